The summed E-state index contributed by atoms with van der Waals surface area (Å²) in [6.07, 6.45) is 94.1. The van der Waals surface area contributed by atoms with Gasteiger partial charge in [-0.05, 0) is 89.9 Å². The Kier molecular flexibility index (Phi) is 66.4. The van der Waals surface area contributed by atoms with Crippen molar-refractivity contribution >= 4 is 19.8 Å². The molecule has 0 rings (SSSR count). The second-order valence-corrected chi connectivity index (χ2v) is 27.7. The number of carbonyl (C=O) groups is 2. The van der Waals surface area contributed by atoms with Crippen LogP contribution in [0, 0.1) is 0 Å². The van der Waals surface area contributed by atoms with Gasteiger partial charge < -0.3 is 27.9 Å². The lowest BCUT2D eigenvalue weighted by Gasteiger charge is -2.28. The molecular formula is C78H142NO8P. The molecule has 88 heavy (non-hydrogen) atoms. The van der Waals surface area contributed by atoms with Crippen molar-refractivity contribution in [3.63, 3.8) is 0 Å². The first-order valence-corrected chi connectivity index (χ1v) is 38.8. The first-order chi connectivity index (χ1) is 43.0. The Morgan fingerprint density at radius 3 is 0.977 bits per heavy atom. The molecule has 0 aromatic carbocycles. The molecule has 0 aromatic heterocycles. The minimum Gasteiger partial charge on any atom is -0.756 e. The quantitative estimate of drug-likeness (QED) is 0.0195. The summed E-state index contributed by atoms with van der Waals surface area (Å²) in [6, 6.07) is 0. The van der Waals surface area contributed by atoms with Crippen LogP contribution in [0.15, 0.2) is 85.1 Å². The minimum atomic E-state index is -4.65. The Morgan fingerprint density at radius 1 is 0.364 bits per heavy atom. The number of allylic oxidation sites excluding steroid dienone is 14. The molecule has 0 fully saturated rings. The third kappa shape index (κ3) is 72.3. The van der Waals surface area contributed by atoms with Crippen LogP contribution in [0.1, 0.15) is 348 Å². The average Bonchev–Trinajstić information content (AvgIpc) is 3.57. The predicted molar refractivity (Wildman–Crippen MR) is 379 cm³/mol. The zero-order valence-electron chi connectivity index (χ0n) is 58.4. The minimum absolute atomic E-state index is 0.0363. The third-order valence-corrected chi connectivity index (χ3v) is 17.4. The van der Waals surface area contributed by atoms with E-state index in [-0.39, 0.29) is 32.0 Å². The SMILES string of the molecule is CC/C=C\C/C=C\C/C=C\C/C=C\C/C=C\C/C=C\CCCCCCCCC(=O)OC(COC(=O)CCCCCCCCCCCCCCCCCCCCCCCCCCCCC/C=C\CCCCCCCCCC)COP(=O)([O-])OCC[N+](C)(C)C. The number of hydrogen-bond acceptors (Lipinski definition) is 8. The van der Waals surface area contributed by atoms with Crippen molar-refractivity contribution in [3.05, 3.63) is 85.1 Å². The van der Waals surface area contributed by atoms with Gasteiger partial charge in [-0.3, -0.25) is 14.2 Å². The summed E-state index contributed by atoms with van der Waals surface area (Å²) in [5.74, 6) is -0.841. The molecule has 0 bridgehead atoms. The first kappa shape index (κ1) is 85.2. The van der Waals surface area contributed by atoms with E-state index in [4.69, 9.17) is 18.5 Å². The van der Waals surface area contributed by atoms with Crippen LogP contribution in [0.25, 0.3) is 0 Å². The number of esters is 2. The Bertz CT molecular complexity index is 1760. The number of hydrogen-bond donors (Lipinski definition) is 0. The van der Waals surface area contributed by atoms with Crippen molar-refractivity contribution in [2.24, 2.45) is 0 Å². The highest BCUT2D eigenvalue weighted by Gasteiger charge is 2.22. The molecule has 0 aromatic rings. The first-order valence-electron chi connectivity index (χ1n) is 37.3. The van der Waals surface area contributed by atoms with Gasteiger partial charge in [0.15, 0.2) is 6.10 Å². The van der Waals surface area contributed by atoms with Gasteiger partial charge in [0.1, 0.15) is 19.8 Å². The number of nitrogens with zero attached hydrogens (tertiary/aromatic N) is 1. The van der Waals surface area contributed by atoms with E-state index in [1.54, 1.807) is 0 Å². The number of unbranched alkanes of at least 4 members (excludes halogenated alkanes) is 41. The standard InChI is InChI=1S/C78H142NO8P/c1-6-8-10-12-14-16-18-20-22-24-26-28-30-32-33-34-35-36-37-38-39-40-41-42-43-44-45-47-48-50-52-54-56-58-60-62-64-66-68-70-77(80)84-74-76(75-86-88(82,83)85-73-72-79(3,4)5)87-78(81)71-69-67-65-63-61-59-57-55-53-51-49-46-31-29-27-25-23-21-19-17-15-13-11-9-7-2/h9,11,15,17,21,23-24,26-27,29,46,49,53,55,76H,6-8,10,12-14,16,18-20,22,25,28,30-45,47-48,50-52,54,56-75H2,1-5H3/b11-9-,17-15-,23-21-,26-24-,29-27-,49-46-,55-53-. The van der Waals surface area contributed by atoms with Crippen LogP contribution < -0.4 is 4.89 Å². The van der Waals surface area contributed by atoms with Gasteiger partial charge in [-0.1, -0.05) is 330 Å². The molecule has 2 atom stereocenters. The molecule has 0 spiro atoms. The normalized spacial score (nSPS) is 13.6. The Morgan fingerprint density at radius 2 is 0.648 bits per heavy atom. The maximum Gasteiger partial charge on any atom is 0.306 e. The van der Waals surface area contributed by atoms with Crippen molar-refractivity contribution in [1.82, 2.24) is 0 Å². The van der Waals surface area contributed by atoms with E-state index in [0.717, 1.165) is 96.3 Å². The topological polar surface area (TPSA) is 111 Å². The van der Waals surface area contributed by atoms with Crippen LogP contribution in [0.4, 0.5) is 0 Å². The van der Waals surface area contributed by atoms with E-state index in [1.807, 2.05) is 21.1 Å². The van der Waals surface area contributed by atoms with Crippen LogP contribution in [0.2, 0.25) is 0 Å². The van der Waals surface area contributed by atoms with Gasteiger partial charge >= 0.3 is 11.9 Å². The fourth-order valence-electron chi connectivity index (χ4n) is 10.7. The maximum absolute atomic E-state index is 12.9. The van der Waals surface area contributed by atoms with E-state index in [1.165, 1.54) is 218 Å². The van der Waals surface area contributed by atoms with Gasteiger partial charge in [0.25, 0.3) is 7.82 Å². The number of quaternary nitrogens is 1. The summed E-state index contributed by atoms with van der Waals surface area (Å²) >= 11 is 0. The smallest absolute Gasteiger partial charge is 0.306 e. The van der Waals surface area contributed by atoms with E-state index in [9.17, 15) is 19.0 Å². The Balaban J connectivity index is 3.95. The summed E-state index contributed by atoms with van der Waals surface area (Å²) in [5, 5.41) is 0. The highest BCUT2D eigenvalue weighted by atomic mass is 31.2. The lowest BCUT2D eigenvalue weighted by Crippen LogP contribution is -2.37. The number of ether oxygens (including phenoxy) is 2. The molecule has 9 nitrogen and oxygen atoms in total. The predicted octanol–water partition coefficient (Wildman–Crippen LogP) is 23.9. The summed E-state index contributed by atoms with van der Waals surface area (Å²) in [7, 11) is 1.16. The van der Waals surface area contributed by atoms with Gasteiger partial charge in [0.05, 0.1) is 27.7 Å². The number of phosphoric acid groups is 1. The number of likely N-dealkylation sites (N-methyl/N-ethyl adjacent to an activating group) is 1. The van der Waals surface area contributed by atoms with Crippen molar-refractivity contribution in [1.29, 1.82) is 0 Å². The largest absolute Gasteiger partial charge is 0.756 e. The van der Waals surface area contributed by atoms with Gasteiger partial charge in [-0.15, -0.1) is 0 Å². The lowest BCUT2D eigenvalue weighted by molar-refractivity contribution is -0.870. The highest BCUT2D eigenvalue weighted by molar-refractivity contribution is 7.45. The molecule has 10 heteroatoms. The van der Waals surface area contributed by atoms with Crippen LogP contribution in [-0.2, 0) is 32.7 Å². The van der Waals surface area contributed by atoms with Crippen molar-refractivity contribution in [2.45, 2.75) is 354 Å². The molecule has 0 heterocycles. The zero-order chi connectivity index (χ0) is 64.1. The molecule has 0 aliphatic rings. The fraction of sp³-hybridized carbons (Fsp3) is 0.795. The molecule has 0 saturated carbocycles. The third-order valence-electron chi connectivity index (χ3n) is 16.4. The molecule has 2 unspecified atom stereocenters. The lowest BCUT2D eigenvalue weighted by atomic mass is 10.0. The molecule has 0 radical (unpaired) electrons. The maximum atomic E-state index is 12.9. The molecule has 0 saturated heterocycles. The highest BCUT2D eigenvalue weighted by Crippen LogP contribution is 2.38. The van der Waals surface area contributed by atoms with Crippen LogP contribution in [0.3, 0.4) is 0 Å². The van der Waals surface area contributed by atoms with Gasteiger partial charge in [0.2, 0.25) is 0 Å². The molecule has 0 aliphatic heterocycles. The number of carbonyl (C=O) groups excluding carboxylic acids is 2. The van der Waals surface area contributed by atoms with E-state index in [0.29, 0.717) is 17.4 Å². The summed E-state index contributed by atoms with van der Waals surface area (Å²) in [6.45, 7) is 4.14. The van der Waals surface area contributed by atoms with Gasteiger partial charge in [-0.25, -0.2) is 0 Å². The van der Waals surface area contributed by atoms with E-state index < -0.39 is 26.5 Å². The molecular weight excluding hydrogens is 1110 g/mol. The van der Waals surface area contributed by atoms with E-state index >= 15 is 0 Å². The Hall–Kier alpha value is -2.81. The average molecular weight is 1250 g/mol. The molecule has 0 amide bonds. The second-order valence-electron chi connectivity index (χ2n) is 26.3. The van der Waals surface area contributed by atoms with E-state index in [2.05, 4.69) is 98.9 Å². The Labute approximate surface area is 545 Å². The molecule has 0 N–H and O–H groups in total. The molecule has 0 aliphatic carbocycles. The summed E-state index contributed by atoms with van der Waals surface area (Å²) < 4.78 is 34.3. The second kappa shape index (κ2) is 68.6. The number of phosphoric ester groups is 1. The van der Waals surface area contributed by atoms with Crippen LogP contribution in [-0.4, -0.2) is 70.0 Å². The molecule has 512 valence electrons. The van der Waals surface area contributed by atoms with Crippen LogP contribution >= 0.6 is 7.82 Å². The van der Waals surface area contributed by atoms with Crippen molar-refractivity contribution in [3.8, 4) is 0 Å². The van der Waals surface area contributed by atoms with Gasteiger partial charge in [-0.2, -0.15) is 0 Å². The summed E-state index contributed by atoms with van der Waals surface area (Å²) in [5.41, 5.74) is 0. The fourth-order valence-corrected chi connectivity index (χ4v) is 11.4. The van der Waals surface area contributed by atoms with Crippen molar-refractivity contribution < 1.29 is 42.1 Å². The number of rotatable bonds is 69. The monoisotopic (exact) mass is 1250 g/mol. The van der Waals surface area contributed by atoms with Crippen molar-refractivity contribution in [2.75, 3.05) is 47.5 Å². The van der Waals surface area contributed by atoms with Crippen LogP contribution in [0.5, 0.6) is 0 Å². The van der Waals surface area contributed by atoms with Gasteiger partial charge in [0, 0.05) is 12.8 Å². The zero-order valence-corrected chi connectivity index (χ0v) is 59.3. The summed E-state index contributed by atoms with van der Waals surface area (Å²) in [4.78, 5) is 38.1.